The maximum absolute atomic E-state index is 8.44. The summed E-state index contributed by atoms with van der Waals surface area (Å²) in [5.74, 6) is 0.436. The fraction of sp³-hybridized carbons (Fsp3) is 0. The van der Waals surface area contributed by atoms with Crippen molar-refractivity contribution >= 4 is 18.7 Å². The van der Waals surface area contributed by atoms with Crippen molar-refractivity contribution in [3.05, 3.63) is 16.8 Å². The third-order valence-corrected chi connectivity index (χ3v) is 1.47. The van der Waals surface area contributed by atoms with E-state index in [0.717, 1.165) is 0 Å². The van der Waals surface area contributed by atoms with E-state index in [-0.39, 0.29) is 0 Å². The minimum absolute atomic E-state index is 0.436. The van der Waals surface area contributed by atoms with Gasteiger partial charge in [-0.2, -0.15) is 4.81 Å². The summed E-state index contributed by atoms with van der Waals surface area (Å²) < 4.78 is 0. The van der Waals surface area contributed by atoms with Gasteiger partial charge in [0, 0.05) is 5.38 Å². The van der Waals surface area contributed by atoms with Crippen LogP contribution in [0.15, 0.2) is 16.8 Å². The van der Waals surface area contributed by atoms with Crippen LogP contribution in [0.3, 0.4) is 0 Å². The first-order chi connectivity index (χ1) is 5.33. The second-order valence-corrected chi connectivity index (χ2v) is 2.33. The Morgan fingerprint density at radius 2 is 2.36 bits per heavy atom. The molecule has 0 radical (unpaired) electrons. The summed E-state index contributed by atoms with van der Waals surface area (Å²) in [5.41, 5.74) is 0. The molecule has 0 unspecified atom stereocenters. The molecule has 0 saturated carbocycles. The van der Waals surface area contributed by atoms with Gasteiger partial charge >= 0.3 is 7.32 Å². The molecule has 0 atom stereocenters. The van der Waals surface area contributed by atoms with E-state index in [1.54, 1.807) is 16.8 Å². The number of thiophene rings is 1. The molecule has 0 amide bonds. The maximum atomic E-state index is 8.44. The van der Waals surface area contributed by atoms with Crippen LogP contribution in [0, 0.1) is 0 Å². The molecule has 0 spiro atoms. The van der Waals surface area contributed by atoms with Crippen LogP contribution in [0.2, 0.25) is 0 Å². The lowest BCUT2D eigenvalue weighted by molar-refractivity contribution is -0.229. The van der Waals surface area contributed by atoms with E-state index in [4.69, 9.17) is 10.3 Å². The Morgan fingerprint density at radius 3 is 2.91 bits per heavy atom. The predicted octanol–water partition coefficient (Wildman–Crippen LogP) is 0.525. The highest BCUT2D eigenvalue weighted by Gasteiger charge is 2.17. The Balaban J connectivity index is 2.23. The molecule has 0 aliphatic carbocycles. The minimum Gasteiger partial charge on any atom is -0.398 e. The largest absolute Gasteiger partial charge is 0.703 e. The first-order valence-electron chi connectivity index (χ1n) is 2.67. The maximum Gasteiger partial charge on any atom is 0.703 e. The van der Waals surface area contributed by atoms with Gasteiger partial charge in [-0.25, -0.2) is 4.81 Å². The third-order valence-electron chi connectivity index (χ3n) is 0.812. The van der Waals surface area contributed by atoms with E-state index in [1.807, 2.05) is 0 Å². The van der Waals surface area contributed by atoms with Crippen LogP contribution in [0.25, 0.3) is 0 Å². The van der Waals surface area contributed by atoms with E-state index in [2.05, 4.69) is 14.5 Å². The van der Waals surface area contributed by atoms with Crippen molar-refractivity contribution in [2.24, 2.45) is 0 Å². The monoisotopic (exact) mass is 176 g/mol. The molecule has 7 heteroatoms. The Bertz CT molecular complexity index is 190. The molecule has 5 nitrogen and oxygen atoms in total. The van der Waals surface area contributed by atoms with Gasteiger partial charge in [-0.05, 0) is 11.4 Å². The molecule has 0 aliphatic heterocycles. The first-order valence-corrected chi connectivity index (χ1v) is 3.61. The molecular formula is C4H5BO5S. The van der Waals surface area contributed by atoms with E-state index >= 15 is 0 Å². The lowest BCUT2D eigenvalue weighted by atomic mass is 10.3. The second-order valence-electron chi connectivity index (χ2n) is 1.55. The molecule has 0 fully saturated rings. The van der Waals surface area contributed by atoms with E-state index in [1.165, 1.54) is 11.3 Å². The molecule has 1 heterocycles. The van der Waals surface area contributed by atoms with Crippen LogP contribution in [0.1, 0.15) is 0 Å². The predicted molar refractivity (Wildman–Crippen MR) is 37.7 cm³/mol. The van der Waals surface area contributed by atoms with Crippen molar-refractivity contribution in [3.63, 3.8) is 0 Å². The van der Waals surface area contributed by atoms with Crippen LogP contribution in [-0.4, -0.2) is 17.6 Å². The average Bonchev–Trinajstić information content (AvgIpc) is 2.52. The van der Waals surface area contributed by atoms with Gasteiger partial charge in [-0.15, -0.1) is 11.3 Å². The van der Waals surface area contributed by atoms with E-state index in [9.17, 15) is 0 Å². The molecule has 60 valence electrons. The fourth-order valence-electron chi connectivity index (χ4n) is 0.414. The SMILES string of the molecule is OOB(O)OOc1ccsc1. The first kappa shape index (κ1) is 8.50. The zero-order chi connectivity index (χ0) is 8.10. The van der Waals surface area contributed by atoms with Gasteiger partial charge in [-0.1, -0.05) is 0 Å². The van der Waals surface area contributed by atoms with Gasteiger partial charge < -0.3 is 9.91 Å². The molecular weight excluding hydrogens is 171 g/mol. The highest BCUT2D eigenvalue weighted by Crippen LogP contribution is 2.14. The molecule has 2 N–H and O–H groups in total. The summed E-state index contributed by atoms with van der Waals surface area (Å²) >= 11 is 1.41. The van der Waals surface area contributed by atoms with Gasteiger partial charge in [0.15, 0.2) is 5.75 Å². The summed E-state index contributed by atoms with van der Waals surface area (Å²) in [6, 6.07) is 1.63. The summed E-state index contributed by atoms with van der Waals surface area (Å²) in [4.78, 5) is 12.0. The molecule has 0 aromatic carbocycles. The van der Waals surface area contributed by atoms with Gasteiger partial charge in [-0.3, -0.25) is 5.26 Å². The Hall–Kier alpha value is -0.595. The number of hydrogen-bond donors (Lipinski definition) is 2. The Morgan fingerprint density at radius 1 is 1.55 bits per heavy atom. The van der Waals surface area contributed by atoms with Crippen molar-refractivity contribution < 1.29 is 24.8 Å². The molecule has 0 aliphatic rings. The number of rotatable bonds is 4. The van der Waals surface area contributed by atoms with Gasteiger partial charge in [0.25, 0.3) is 0 Å². The highest BCUT2D eigenvalue weighted by molar-refractivity contribution is 7.08. The molecule has 1 rings (SSSR count). The fourth-order valence-corrected chi connectivity index (χ4v) is 0.957. The zero-order valence-electron chi connectivity index (χ0n) is 5.34. The summed E-state index contributed by atoms with van der Waals surface area (Å²) in [6.45, 7) is 0. The average molecular weight is 176 g/mol. The van der Waals surface area contributed by atoms with Crippen LogP contribution < -0.4 is 4.89 Å². The van der Waals surface area contributed by atoms with Gasteiger partial charge in [0.1, 0.15) is 0 Å². The highest BCUT2D eigenvalue weighted by atomic mass is 32.1. The van der Waals surface area contributed by atoms with Crippen LogP contribution in [-0.2, 0) is 9.61 Å². The summed E-state index contributed by atoms with van der Waals surface area (Å²) in [5, 5.41) is 19.7. The lowest BCUT2D eigenvalue weighted by Crippen LogP contribution is -2.22. The number of hydrogen-bond acceptors (Lipinski definition) is 6. The molecule has 0 bridgehead atoms. The van der Waals surface area contributed by atoms with Crippen LogP contribution in [0.4, 0.5) is 0 Å². The molecule has 0 saturated heterocycles. The van der Waals surface area contributed by atoms with Crippen molar-refractivity contribution in [1.29, 1.82) is 0 Å². The summed E-state index contributed by atoms with van der Waals surface area (Å²) in [7, 11) is -1.78. The minimum atomic E-state index is -1.78. The molecule has 1 aromatic rings. The topological polar surface area (TPSA) is 68.2 Å². The quantitative estimate of drug-likeness (QED) is 0.397. The smallest absolute Gasteiger partial charge is 0.398 e. The zero-order valence-corrected chi connectivity index (χ0v) is 6.15. The van der Waals surface area contributed by atoms with Crippen molar-refractivity contribution in [1.82, 2.24) is 0 Å². The normalized spacial score (nSPS) is 9.64. The molecule has 1 aromatic heterocycles. The van der Waals surface area contributed by atoms with Gasteiger partial charge in [0.2, 0.25) is 0 Å². The summed E-state index contributed by atoms with van der Waals surface area (Å²) in [6.07, 6.45) is 0. The van der Waals surface area contributed by atoms with Crippen molar-refractivity contribution in [2.45, 2.75) is 0 Å². The third kappa shape index (κ3) is 2.87. The van der Waals surface area contributed by atoms with Crippen LogP contribution in [0.5, 0.6) is 5.75 Å². The molecule has 11 heavy (non-hydrogen) atoms. The second kappa shape index (κ2) is 4.32. The van der Waals surface area contributed by atoms with Crippen molar-refractivity contribution in [3.8, 4) is 5.75 Å². The van der Waals surface area contributed by atoms with E-state index < -0.39 is 7.32 Å². The van der Waals surface area contributed by atoms with Gasteiger partial charge in [0.05, 0.1) is 0 Å². The van der Waals surface area contributed by atoms with Crippen molar-refractivity contribution in [2.75, 3.05) is 0 Å². The standard InChI is InChI=1S/C4H5BO5S/c6-5(9-7)10-8-4-1-2-11-3-4/h1-3,6-7H. The van der Waals surface area contributed by atoms with E-state index in [0.29, 0.717) is 5.75 Å². The Kier molecular flexibility index (Phi) is 3.34. The van der Waals surface area contributed by atoms with Crippen LogP contribution >= 0.6 is 11.3 Å². The Labute approximate surface area is 66.8 Å². The lowest BCUT2D eigenvalue weighted by Gasteiger charge is -2.01.